The average Bonchev–Trinajstić information content (AvgIpc) is 2.29. The van der Waals surface area contributed by atoms with E-state index in [1.54, 1.807) is 0 Å². The van der Waals surface area contributed by atoms with Crippen LogP contribution in [0.1, 0.15) is 52.4 Å². The molecule has 0 heterocycles. The fourth-order valence-corrected chi connectivity index (χ4v) is 2.51. The summed E-state index contributed by atoms with van der Waals surface area (Å²) in [5.74, 6) is 1.77. The molecule has 1 rings (SSSR count). The molecule has 94 valence electrons. The number of hydrogen-bond donors (Lipinski definition) is 1. The molecule has 0 aromatic rings. The van der Waals surface area contributed by atoms with E-state index >= 15 is 0 Å². The van der Waals surface area contributed by atoms with Gasteiger partial charge < -0.3 is 5.32 Å². The number of halogens is 1. The monoisotopic (exact) mass is 245 g/mol. The van der Waals surface area contributed by atoms with Crippen molar-refractivity contribution in [3.8, 4) is 0 Å². The van der Waals surface area contributed by atoms with Gasteiger partial charge in [-0.15, -0.1) is 11.6 Å². The zero-order chi connectivity index (χ0) is 12.0. The summed E-state index contributed by atoms with van der Waals surface area (Å²) in [6.07, 6.45) is 7.11. The minimum Gasteiger partial charge on any atom is -0.353 e. The molecule has 0 aromatic carbocycles. The molecule has 2 atom stereocenters. The Morgan fingerprint density at radius 1 is 1.31 bits per heavy atom. The van der Waals surface area contributed by atoms with Crippen LogP contribution in [0.4, 0.5) is 0 Å². The van der Waals surface area contributed by atoms with Gasteiger partial charge >= 0.3 is 0 Å². The number of alkyl halides is 1. The van der Waals surface area contributed by atoms with Crippen LogP contribution in [0.25, 0.3) is 0 Å². The number of hydrogen-bond acceptors (Lipinski definition) is 1. The molecule has 0 bridgehead atoms. The third-order valence-electron chi connectivity index (χ3n) is 3.68. The number of nitrogens with one attached hydrogen (secondary N) is 1. The van der Waals surface area contributed by atoms with Gasteiger partial charge in [-0.25, -0.2) is 0 Å². The molecule has 2 unspecified atom stereocenters. The van der Waals surface area contributed by atoms with Crippen molar-refractivity contribution in [3.63, 3.8) is 0 Å². The van der Waals surface area contributed by atoms with Gasteiger partial charge in [-0.05, 0) is 31.6 Å². The van der Waals surface area contributed by atoms with Crippen LogP contribution in [0.5, 0.6) is 0 Å². The molecular weight excluding hydrogens is 222 g/mol. The van der Waals surface area contributed by atoms with Crippen molar-refractivity contribution in [1.82, 2.24) is 5.32 Å². The average molecular weight is 246 g/mol. The molecule has 1 N–H and O–H groups in total. The fraction of sp³-hybridized carbons (Fsp3) is 0.923. The van der Waals surface area contributed by atoms with Gasteiger partial charge in [0.2, 0.25) is 5.91 Å². The van der Waals surface area contributed by atoms with Crippen molar-refractivity contribution in [3.05, 3.63) is 0 Å². The Kier molecular flexibility index (Phi) is 6.18. The number of rotatable bonds is 5. The minimum absolute atomic E-state index is 0.189. The first-order valence-corrected chi connectivity index (χ1v) is 7.02. The first-order chi connectivity index (χ1) is 7.63. The summed E-state index contributed by atoms with van der Waals surface area (Å²) < 4.78 is 0. The van der Waals surface area contributed by atoms with E-state index < -0.39 is 0 Å². The highest BCUT2D eigenvalue weighted by Gasteiger charge is 2.19. The second-order valence-corrected chi connectivity index (χ2v) is 5.50. The highest BCUT2D eigenvalue weighted by Crippen LogP contribution is 2.26. The third kappa shape index (κ3) is 4.73. The molecule has 0 radical (unpaired) electrons. The van der Waals surface area contributed by atoms with Crippen molar-refractivity contribution in [2.75, 3.05) is 5.88 Å². The van der Waals surface area contributed by atoms with Gasteiger partial charge in [0.1, 0.15) is 0 Å². The standard InChI is InChI=1S/C13H24ClNO/c1-10(9-14)11(2)15-13(16)8-12-6-4-3-5-7-12/h10-12H,3-9H2,1-2H3,(H,15,16). The first kappa shape index (κ1) is 13.8. The lowest BCUT2D eigenvalue weighted by Gasteiger charge is -2.23. The van der Waals surface area contributed by atoms with Gasteiger partial charge in [0.25, 0.3) is 0 Å². The first-order valence-electron chi connectivity index (χ1n) is 6.48. The summed E-state index contributed by atoms with van der Waals surface area (Å²) in [6.45, 7) is 4.10. The van der Waals surface area contributed by atoms with Crippen LogP contribution in [0, 0.1) is 11.8 Å². The summed E-state index contributed by atoms with van der Waals surface area (Å²) in [4.78, 5) is 11.8. The largest absolute Gasteiger partial charge is 0.353 e. The molecule has 0 aliphatic heterocycles. The Morgan fingerprint density at radius 3 is 2.50 bits per heavy atom. The van der Waals surface area contributed by atoms with Crippen LogP contribution >= 0.6 is 11.6 Å². The zero-order valence-electron chi connectivity index (χ0n) is 10.5. The maximum atomic E-state index is 11.8. The SMILES string of the molecule is CC(CCl)C(C)NC(=O)CC1CCCCC1. The Bertz CT molecular complexity index is 208. The summed E-state index contributed by atoms with van der Waals surface area (Å²) >= 11 is 5.77. The maximum absolute atomic E-state index is 11.8. The van der Waals surface area contributed by atoms with Crippen LogP contribution in [0.2, 0.25) is 0 Å². The molecule has 1 aliphatic rings. The Balaban J connectivity index is 2.23. The van der Waals surface area contributed by atoms with Crippen molar-refractivity contribution < 1.29 is 4.79 Å². The van der Waals surface area contributed by atoms with Crippen LogP contribution in [0.15, 0.2) is 0 Å². The molecule has 1 aliphatic carbocycles. The zero-order valence-corrected chi connectivity index (χ0v) is 11.2. The highest BCUT2D eigenvalue weighted by atomic mass is 35.5. The fourth-order valence-electron chi connectivity index (χ4n) is 2.24. The van der Waals surface area contributed by atoms with Crippen LogP contribution in [0.3, 0.4) is 0 Å². The quantitative estimate of drug-likeness (QED) is 0.740. The minimum atomic E-state index is 0.189. The van der Waals surface area contributed by atoms with Gasteiger partial charge in [-0.1, -0.05) is 26.2 Å². The molecule has 2 nitrogen and oxygen atoms in total. The van der Waals surface area contributed by atoms with E-state index in [1.165, 1.54) is 32.1 Å². The van der Waals surface area contributed by atoms with E-state index in [0.29, 0.717) is 24.1 Å². The van der Waals surface area contributed by atoms with Crippen LogP contribution in [-0.4, -0.2) is 17.8 Å². The van der Waals surface area contributed by atoms with Crippen molar-refractivity contribution in [2.45, 2.75) is 58.4 Å². The van der Waals surface area contributed by atoms with Crippen molar-refractivity contribution in [2.24, 2.45) is 11.8 Å². The summed E-state index contributed by atoms with van der Waals surface area (Å²) in [5, 5.41) is 3.05. The Hall–Kier alpha value is -0.240. The summed E-state index contributed by atoms with van der Waals surface area (Å²) in [7, 11) is 0. The second-order valence-electron chi connectivity index (χ2n) is 5.20. The van der Waals surface area contributed by atoms with E-state index in [9.17, 15) is 4.79 Å². The van der Waals surface area contributed by atoms with E-state index in [-0.39, 0.29) is 11.9 Å². The molecule has 0 aromatic heterocycles. The van der Waals surface area contributed by atoms with E-state index in [0.717, 1.165) is 0 Å². The van der Waals surface area contributed by atoms with E-state index in [2.05, 4.69) is 12.2 Å². The molecule has 3 heteroatoms. The molecule has 1 amide bonds. The lowest BCUT2D eigenvalue weighted by atomic mass is 9.86. The Morgan fingerprint density at radius 2 is 1.94 bits per heavy atom. The van der Waals surface area contributed by atoms with Crippen molar-refractivity contribution in [1.29, 1.82) is 0 Å². The molecule has 0 spiro atoms. The predicted molar refractivity (Wildman–Crippen MR) is 68.7 cm³/mol. The van der Waals surface area contributed by atoms with E-state index in [4.69, 9.17) is 11.6 Å². The normalized spacial score (nSPS) is 21.4. The number of carbonyl (C=O) groups excluding carboxylic acids is 1. The van der Waals surface area contributed by atoms with Crippen molar-refractivity contribution >= 4 is 17.5 Å². The van der Waals surface area contributed by atoms with Crippen LogP contribution < -0.4 is 5.32 Å². The molecule has 0 saturated heterocycles. The third-order valence-corrected chi connectivity index (χ3v) is 4.17. The molecule has 1 fully saturated rings. The van der Waals surface area contributed by atoms with Gasteiger partial charge in [-0.2, -0.15) is 0 Å². The molecular formula is C13H24ClNO. The maximum Gasteiger partial charge on any atom is 0.220 e. The summed E-state index contributed by atoms with van der Waals surface area (Å²) in [5.41, 5.74) is 0. The molecule has 1 saturated carbocycles. The van der Waals surface area contributed by atoms with Gasteiger partial charge in [0.05, 0.1) is 0 Å². The summed E-state index contributed by atoms with van der Waals surface area (Å²) in [6, 6.07) is 0.189. The smallest absolute Gasteiger partial charge is 0.220 e. The van der Waals surface area contributed by atoms with Gasteiger partial charge in [-0.3, -0.25) is 4.79 Å². The Labute approximate surface area is 104 Å². The number of carbonyl (C=O) groups is 1. The predicted octanol–water partition coefficient (Wildman–Crippen LogP) is 3.34. The lowest BCUT2D eigenvalue weighted by Crippen LogP contribution is -2.38. The highest BCUT2D eigenvalue weighted by molar-refractivity contribution is 6.18. The van der Waals surface area contributed by atoms with Crippen LogP contribution in [-0.2, 0) is 4.79 Å². The van der Waals surface area contributed by atoms with Gasteiger partial charge in [0, 0.05) is 18.3 Å². The van der Waals surface area contributed by atoms with Gasteiger partial charge in [0.15, 0.2) is 0 Å². The number of amides is 1. The lowest BCUT2D eigenvalue weighted by molar-refractivity contribution is -0.123. The second kappa shape index (κ2) is 7.16. The topological polar surface area (TPSA) is 29.1 Å². The molecule has 16 heavy (non-hydrogen) atoms. The van der Waals surface area contributed by atoms with E-state index in [1.807, 2.05) is 6.92 Å².